The van der Waals surface area contributed by atoms with Crippen molar-refractivity contribution in [1.29, 1.82) is 0 Å². The maximum absolute atomic E-state index is 12.7. The van der Waals surface area contributed by atoms with Gasteiger partial charge < -0.3 is 4.90 Å². The first-order valence-corrected chi connectivity index (χ1v) is 12.8. The molecular formula is C25H27N5O5S. The van der Waals surface area contributed by atoms with E-state index in [1.807, 2.05) is 24.3 Å². The highest BCUT2D eigenvalue weighted by atomic mass is 32.2. The van der Waals surface area contributed by atoms with Crippen molar-refractivity contribution in [1.82, 2.24) is 4.72 Å². The quantitative estimate of drug-likeness (QED) is 0.156. The fraction of sp³-hybridized carbons (Fsp3) is 0.240. The summed E-state index contributed by atoms with van der Waals surface area (Å²) in [6, 6.07) is 17.5. The SMILES string of the molecule is CCN(CC)c1ccc(N=Nc2ccc(S(=O)(=O)NCc3ccc([N+](=O)[O-])c(C(C)=O)c3)cc2)cc1. The summed E-state index contributed by atoms with van der Waals surface area (Å²) in [6.45, 7) is 7.10. The highest BCUT2D eigenvalue weighted by Crippen LogP contribution is 2.24. The average Bonchev–Trinajstić information content (AvgIpc) is 2.87. The van der Waals surface area contributed by atoms with Gasteiger partial charge in [0.05, 0.1) is 26.8 Å². The number of anilines is 1. The van der Waals surface area contributed by atoms with Gasteiger partial charge in [-0.3, -0.25) is 14.9 Å². The Balaban J connectivity index is 1.67. The molecule has 3 aromatic carbocycles. The van der Waals surface area contributed by atoms with Crippen molar-refractivity contribution in [3.8, 4) is 0 Å². The first kappa shape index (κ1) is 26.6. The Morgan fingerprint density at radius 3 is 2.00 bits per heavy atom. The molecule has 188 valence electrons. The van der Waals surface area contributed by atoms with Gasteiger partial charge in [-0.25, -0.2) is 13.1 Å². The molecule has 1 N–H and O–H groups in total. The zero-order valence-corrected chi connectivity index (χ0v) is 21.0. The molecule has 10 nitrogen and oxygen atoms in total. The van der Waals surface area contributed by atoms with Crippen LogP contribution in [-0.2, 0) is 16.6 Å². The van der Waals surface area contributed by atoms with Crippen LogP contribution in [-0.4, -0.2) is 32.2 Å². The Hall–Kier alpha value is -3.96. The van der Waals surface area contributed by atoms with Crippen LogP contribution in [0.4, 0.5) is 22.7 Å². The molecule has 0 aromatic heterocycles. The summed E-state index contributed by atoms with van der Waals surface area (Å²) in [5.41, 5.74) is 2.30. The molecule has 0 aliphatic carbocycles. The average molecular weight is 510 g/mol. The van der Waals surface area contributed by atoms with Gasteiger partial charge in [0.2, 0.25) is 10.0 Å². The van der Waals surface area contributed by atoms with Crippen molar-refractivity contribution in [2.75, 3.05) is 18.0 Å². The number of carbonyl (C=O) groups excluding carboxylic acids is 1. The number of hydrogen-bond acceptors (Lipinski definition) is 8. The number of nitro benzene ring substituents is 1. The molecule has 0 unspecified atom stereocenters. The lowest BCUT2D eigenvalue weighted by Gasteiger charge is -2.20. The van der Waals surface area contributed by atoms with E-state index in [0.717, 1.165) is 18.8 Å². The fourth-order valence-electron chi connectivity index (χ4n) is 3.52. The topological polar surface area (TPSA) is 134 Å². The van der Waals surface area contributed by atoms with Crippen LogP contribution in [0, 0.1) is 10.1 Å². The second-order valence-electron chi connectivity index (χ2n) is 7.87. The van der Waals surface area contributed by atoms with Crippen LogP contribution in [0.2, 0.25) is 0 Å². The molecule has 0 saturated carbocycles. The van der Waals surface area contributed by atoms with E-state index < -0.39 is 20.7 Å². The van der Waals surface area contributed by atoms with Crippen LogP contribution in [0.1, 0.15) is 36.7 Å². The third-order valence-corrected chi connectivity index (χ3v) is 6.93. The summed E-state index contributed by atoms with van der Waals surface area (Å²) in [4.78, 5) is 24.4. The lowest BCUT2D eigenvalue weighted by Crippen LogP contribution is -2.23. The van der Waals surface area contributed by atoms with E-state index in [1.54, 1.807) is 12.1 Å². The molecule has 3 rings (SSSR count). The minimum absolute atomic E-state index is 0.0266. The van der Waals surface area contributed by atoms with Crippen LogP contribution in [0.15, 0.2) is 81.9 Å². The van der Waals surface area contributed by atoms with Crippen LogP contribution >= 0.6 is 0 Å². The molecule has 0 radical (unpaired) electrons. The van der Waals surface area contributed by atoms with E-state index in [4.69, 9.17) is 0 Å². The summed E-state index contributed by atoms with van der Waals surface area (Å²) < 4.78 is 27.8. The highest BCUT2D eigenvalue weighted by molar-refractivity contribution is 7.89. The number of hydrogen-bond donors (Lipinski definition) is 1. The Kier molecular flexibility index (Phi) is 8.62. The van der Waals surface area contributed by atoms with Gasteiger partial charge >= 0.3 is 0 Å². The molecule has 0 heterocycles. The van der Waals surface area contributed by atoms with Crippen LogP contribution in [0.25, 0.3) is 0 Å². The van der Waals surface area contributed by atoms with Crippen LogP contribution in [0.3, 0.4) is 0 Å². The van der Waals surface area contributed by atoms with E-state index in [0.29, 0.717) is 16.9 Å². The Labute approximate surface area is 209 Å². The Morgan fingerprint density at radius 2 is 1.50 bits per heavy atom. The summed E-state index contributed by atoms with van der Waals surface area (Å²) in [5, 5.41) is 19.5. The zero-order valence-electron chi connectivity index (χ0n) is 20.2. The molecule has 0 bridgehead atoms. The predicted octanol–water partition coefficient (Wildman–Crippen LogP) is 5.54. The molecule has 0 atom stereocenters. The number of nitro groups is 1. The normalized spacial score (nSPS) is 11.5. The van der Waals surface area contributed by atoms with Crippen molar-refractivity contribution >= 4 is 38.6 Å². The number of nitrogens with one attached hydrogen (secondary N) is 1. The van der Waals surface area contributed by atoms with E-state index in [-0.39, 0.29) is 22.7 Å². The molecule has 0 amide bonds. The van der Waals surface area contributed by atoms with Gasteiger partial charge in [0.25, 0.3) is 5.69 Å². The second kappa shape index (κ2) is 11.6. The number of rotatable bonds is 11. The van der Waals surface area contributed by atoms with Crippen molar-refractivity contribution in [3.05, 3.63) is 88.0 Å². The summed E-state index contributed by atoms with van der Waals surface area (Å²) in [6.07, 6.45) is 0. The minimum Gasteiger partial charge on any atom is -0.372 e. The minimum atomic E-state index is -3.87. The molecule has 0 aliphatic heterocycles. The van der Waals surface area contributed by atoms with Crippen molar-refractivity contribution in [2.24, 2.45) is 10.2 Å². The third-order valence-electron chi connectivity index (χ3n) is 5.51. The molecule has 0 spiro atoms. The number of Topliss-reactive ketones (excluding diaryl/α,β-unsaturated/α-hetero) is 1. The van der Waals surface area contributed by atoms with Crippen LogP contribution in [0.5, 0.6) is 0 Å². The first-order chi connectivity index (χ1) is 17.1. The van der Waals surface area contributed by atoms with E-state index in [9.17, 15) is 23.3 Å². The van der Waals surface area contributed by atoms with Crippen LogP contribution < -0.4 is 9.62 Å². The predicted molar refractivity (Wildman–Crippen MR) is 138 cm³/mol. The third kappa shape index (κ3) is 6.58. The smallest absolute Gasteiger partial charge is 0.280 e. The largest absolute Gasteiger partial charge is 0.372 e. The monoisotopic (exact) mass is 509 g/mol. The number of azo groups is 1. The second-order valence-corrected chi connectivity index (χ2v) is 9.64. The van der Waals surface area contributed by atoms with Crippen molar-refractivity contribution in [2.45, 2.75) is 32.2 Å². The number of carbonyl (C=O) groups is 1. The number of benzene rings is 3. The first-order valence-electron chi connectivity index (χ1n) is 11.3. The van der Waals surface area contributed by atoms with Gasteiger partial charge in [0.1, 0.15) is 0 Å². The number of sulfonamides is 1. The van der Waals surface area contributed by atoms with Gasteiger partial charge in [-0.2, -0.15) is 10.2 Å². The molecule has 0 fully saturated rings. The lowest BCUT2D eigenvalue weighted by atomic mass is 10.1. The van der Waals surface area contributed by atoms with Crippen molar-refractivity contribution in [3.63, 3.8) is 0 Å². The van der Waals surface area contributed by atoms with Gasteiger partial charge in [-0.15, -0.1) is 0 Å². The molecule has 11 heteroatoms. The van der Waals surface area contributed by atoms with E-state index in [2.05, 4.69) is 33.7 Å². The van der Waals surface area contributed by atoms with E-state index in [1.165, 1.54) is 37.3 Å². The summed E-state index contributed by atoms with van der Waals surface area (Å²) >= 11 is 0. The number of nitrogens with zero attached hydrogens (tertiary/aromatic N) is 4. The maximum Gasteiger partial charge on any atom is 0.280 e. The van der Waals surface area contributed by atoms with Gasteiger partial charge in [-0.05, 0) is 80.9 Å². The molecule has 0 aliphatic rings. The maximum atomic E-state index is 12.7. The lowest BCUT2D eigenvalue weighted by molar-refractivity contribution is -0.385. The fourth-order valence-corrected chi connectivity index (χ4v) is 4.54. The molecular weight excluding hydrogens is 482 g/mol. The highest BCUT2D eigenvalue weighted by Gasteiger charge is 2.19. The Bertz CT molecular complexity index is 1370. The molecule has 0 saturated heterocycles. The van der Waals surface area contributed by atoms with Gasteiger partial charge in [0.15, 0.2) is 5.78 Å². The molecule has 36 heavy (non-hydrogen) atoms. The van der Waals surface area contributed by atoms with Gasteiger partial charge in [-0.1, -0.05) is 6.07 Å². The summed E-state index contributed by atoms with van der Waals surface area (Å²) in [7, 11) is -3.87. The van der Waals surface area contributed by atoms with Crippen molar-refractivity contribution < 1.29 is 18.1 Å². The summed E-state index contributed by atoms with van der Waals surface area (Å²) in [5.74, 6) is -0.476. The number of ketones is 1. The van der Waals surface area contributed by atoms with E-state index >= 15 is 0 Å². The van der Waals surface area contributed by atoms with Gasteiger partial charge in [0, 0.05) is 31.4 Å². The molecule has 3 aromatic rings. The Morgan fingerprint density at radius 1 is 0.944 bits per heavy atom. The standard InChI is InChI=1S/C25H27N5O5S/c1-4-29(5-2)22-11-7-20(8-12-22)27-28-21-9-13-23(14-10-21)36(34,35)26-17-19-6-15-25(30(32)33)24(16-19)18(3)31/h6-16,26H,4-5,17H2,1-3H3. The zero-order chi connectivity index (χ0) is 26.3.